The van der Waals surface area contributed by atoms with Gasteiger partial charge in [-0.15, -0.1) is 11.3 Å². The number of nitrogens with one attached hydrogen (secondary N) is 1. The first-order valence-corrected chi connectivity index (χ1v) is 9.87. The number of benzodiazepines with no additional fused rings is 1. The molecule has 0 saturated heterocycles. The van der Waals surface area contributed by atoms with Crippen molar-refractivity contribution in [2.75, 3.05) is 5.32 Å². The minimum atomic E-state index is -0.246. The summed E-state index contributed by atoms with van der Waals surface area (Å²) in [6, 6.07) is 17.1. The van der Waals surface area contributed by atoms with Crippen molar-refractivity contribution in [3.63, 3.8) is 0 Å². The Bertz CT molecular complexity index is 1060. The quantitative estimate of drug-likeness (QED) is 0.485. The monoisotopic (exact) mass is 442 g/mol. The maximum Gasteiger partial charge on any atom is 0.274 e. The van der Waals surface area contributed by atoms with E-state index in [2.05, 4.69) is 21.2 Å². The molecule has 0 saturated carbocycles. The van der Waals surface area contributed by atoms with Crippen LogP contribution in [0.3, 0.4) is 0 Å². The van der Waals surface area contributed by atoms with Gasteiger partial charge in [0.2, 0.25) is 0 Å². The van der Waals surface area contributed by atoms with Gasteiger partial charge in [-0.3, -0.25) is 4.79 Å². The summed E-state index contributed by atoms with van der Waals surface area (Å²) in [5, 5.41) is 5.50. The first-order valence-electron chi connectivity index (χ1n) is 7.82. The molecule has 0 radical (unpaired) electrons. The molecule has 6 heteroatoms. The lowest BCUT2D eigenvalue weighted by molar-refractivity contribution is -0.112. The van der Waals surface area contributed by atoms with Crippen molar-refractivity contribution in [2.45, 2.75) is 0 Å². The number of rotatable bonds is 2. The zero-order chi connectivity index (χ0) is 18.1. The van der Waals surface area contributed by atoms with Crippen LogP contribution in [0.1, 0.15) is 16.0 Å². The molecule has 2 heterocycles. The van der Waals surface area contributed by atoms with Crippen LogP contribution >= 0.6 is 38.9 Å². The number of fused-ring (bicyclic) bond motifs is 1. The standard InChI is InChI=1S/C20H12BrClN2OS/c21-12-7-8-17-15(10-12)19(14-5-1-2-6-16(14)22)23-18(20(25)24-17)11-13-4-3-9-26-13/h1-11H,(H,24,25)/b18-11-. The number of benzene rings is 2. The minimum absolute atomic E-state index is 0.246. The van der Waals surface area contributed by atoms with Gasteiger partial charge in [-0.05, 0) is 41.8 Å². The largest absolute Gasteiger partial charge is 0.320 e. The molecule has 1 aliphatic rings. The highest BCUT2D eigenvalue weighted by atomic mass is 79.9. The fourth-order valence-corrected chi connectivity index (χ4v) is 3.94. The van der Waals surface area contributed by atoms with Crippen LogP contribution < -0.4 is 5.32 Å². The molecule has 3 nitrogen and oxygen atoms in total. The van der Waals surface area contributed by atoms with E-state index in [-0.39, 0.29) is 5.91 Å². The van der Waals surface area contributed by atoms with Gasteiger partial charge in [0.1, 0.15) is 5.70 Å². The van der Waals surface area contributed by atoms with Crippen LogP contribution in [0.2, 0.25) is 5.02 Å². The zero-order valence-corrected chi connectivity index (χ0v) is 16.5. The summed E-state index contributed by atoms with van der Waals surface area (Å²) in [6.45, 7) is 0. The number of amides is 1. The van der Waals surface area contributed by atoms with Crippen LogP contribution in [0, 0.1) is 0 Å². The SMILES string of the molecule is O=C1Nc2ccc(Br)cc2C(c2ccccc2Cl)=N/C1=C\c1cccs1. The molecule has 1 aromatic heterocycles. The van der Waals surface area contributed by atoms with Crippen molar-refractivity contribution >= 4 is 62.2 Å². The average Bonchev–Trinajstić information content (AvgIpc) is 3.09. The Kier molecular flexibility index (Phi) is 4.76. The molecule has 1 amide bonds. The van der Waals surface area contributed by atoms with Crippen molar-refractivity contribution in [2.24, 2.45) is 4.99 Å². The molecule has 0 fully saturated rings. The lowest BCUT2D eigenvalue weighted by atomic mass is 10.0. The predicted octanol–water partition coefficient (Wildman–Crippen LogP) is 5.99. The van der Waals surface area contributed by atoms with Gasteiger partial charge in [-0.1, -0.05) is 51.8 Å². The third-order valence-electron chi connectivity index (χ3n) is 3.90. The van der Waals surface area contributed by atoms with Crippen LogP contribution in [0.15, 0.2) is 75.1 Å². The fraction of sp³-hybridized carbons (Fsp3) is 0. The number of hydrogen-bond donors (Lipinski definition) is 1. The summed E-state index contributed by atoms with van der Waals surface area (Å²) >= 11 is 11.5. The first-order chi connectivity index (χ1) is 12.6. The van der Waals surface area contributed by atoms with Gasteiger partial charge in [0.05, 0.1) is 11.4 Å². The van der Waals surface area contributed by atoms with E-state index < -0.39 is 0 Å². The molecule has 128 valence electrons. The summed E-state index contributed by atoms with van der Waals surface area (Å²) < 4.78 is 0.899. The molecule has 0 spiro atoms. The second kappa shape index (κ2) is 7.19. The number of anilines is 1. The Labute approximate surface area is 168 Å². The van der Waals surface area contributed by atoms with E-state index in [9.17, 15) is 4.79 Å². The van der Waals surface area contributed by atoms with E-state index in [0.29, 0.717) is 22.1 Å². The Balaban J connectivity index is 1.97. The van der Waals surface area contributed by atoms with Gasteiger partial charge in [0.15, 0.2) is 0 Å². The van der Waals surface area contributed by atoms with Crippen molar-refractivity contribution in [3.8, 4) is 0 Å². The van der Waals surface area contributed by atoms with Gasteiger partial charge in [0.25, 0.3) is 5.91 Å². The lowest BCUT2D eigenvalue weighted by Crippen LogP contribution is -2.12. The van der Waals surface area contributed by atoms with Crippen LogP contribution in [-0.2, 0) is 4.79 Å². The summed E-state index contributed by atoms with van der Waals surface area (Å²) in [7, 11) is 0. The van der Waals surface area contributed by atoms with E-state index in [1.807, 2.05) is 60.0 Å². The maximum atomic E-state index is 12.7. The molecule has 2 aromatic carbocycles. The molecule has 1 N–H and O–H groups in total. The number of hydrogen-bond acceptors (Lipinski definition) is 3. The second-order valence-electron chi connectivity index (χ2n) is 5.63. The molecule has 0 bridgehead atoms. The molecule has 0 aliphatic carbocycles. The highest BCUT2D eigenvalue weighted by Crippen LogP contribution is 2.31. The molecular weight excluding hydrogens is 432 g/mol. The molecule has 4 rings (SSSR count). The Morgan fingerprint density at radius 1 is 1.08 bits per heavy atom. The first kappa shape index (κ1) is 17.2. The predicted molar refractivity (Wildman–Crippen MR) is 112 cm³/mol. The topological polar surface area (TPSA) is 41.5 Å². The summed E-state index contributed by atoms with van der Waals surface area (Å²) in [4.78, 5) is 18.4. The Hall–Kier alpha value is -2.21. The molecule has 0 unspecified atom stereocenters. The number of thiophene rings is 1. The van der Waals surface area contributed by atoms with Crippen molar-refractivity contribution in [1.29, 1.82) is 0 Å². The summed E-state index contributed by atoms with van der Waals surface area (Å²) in [6.07, 6.45) is 1.79. The van der Waals surface area contributed by atoms with Crippen LogP contribution in [-0.4, -0.2) is 11.6 Å². The summed E-state index contributed by atoms with van der Waals surface area (Å²) in [5.41, 5.74) is 3.30. The van der Waals surface area contributed by atoms with Crippen molar-refractivity contribution in [1.82, 2.24) is 0 Å². The lowest BCUT2D eigenvalue weighted by Gasteiger charge is -2.11. The van der Waals surface area contributed by atoms with E-state index in [1.165, 1.54) is 0 Å². The van der Waals surface area contributed by atoms with Crippen molar-refractivity contribution in [3.05, 3.63) is 91.2 Å². The molecule has 26 heavy (non-hydrogen) atoms. The minimum Gasteiger partial charge on any atom is -0.320 e. The number of nitrogens with zero attached hydrogens (tertiary/aromatic N) is 1. The zero-order valence-electron chi connectivity index (χ0n) is 13.4. The van der Waals surface area contributed by atoms with Gasteiger partial charge >= 0.3 is 0 Å². The smallest absolute Gasteiger partial charge is 0.274 e. The normalized spacial score (nSPS) is 15.2. The Morgan fingerprint density at radius 2 is 1.92 bits per heavy atom. The number of aliphatic imine (C=N–C) groups is 1. The third kappa shape index (κ3) is 3.38. The van der Waals surface area contributed by atoms with Crippen LogP contribution in [0.4, 0.5) is 5.69 Å². The number of halogens is 2. The van der Waals surface area contributed by atoms with Gasteiger partial charge in [-0.2, -0.15) is 0 Å². The van der Waals surface area contributed by atoms with Crippen molar-refractivity contribution < 1.29 is 4.79 Å². The average molecular weight is 444 g/mol. The highest BCUT2D eigenvalue weighted by molar-refractivity contribution is 9.10. The number of carbonyl (C=O) groups is 1. The Morgan fingerprint density at radius 3 is 2.69 bits per heavy atom. The third-order valence-corrected chi connectivity index (χ3v) is 5.54. The molecule has 3 aromatic rings. The van der Waals surface area contributed by atoms with E-state index in [4.69, 9.17) is 16.6 Å². The fourth-order valence-electron chi connectivity index (χ4n) is 2.70. The number of carbonyl (C=O) groups excluding carboxylic acids is 1. The van der Waals surface area contributed by atoms with Gasteiger partial charge in [0, 0.05) is 25.5 Å². The maximum absolute atomic E-state index is 12.7. The highest BCUT2D eigenvalue weighted by Gasteiger charge is 2.23. The van der Waals surface area contributed by atoms with Crippen LogP contribution in [0.5, 0.6) is 0 Å². The van der Waals surface area contributed by atoms with E-state index in [0.717, 1.165) is 20.5 Å². The second-order valence-corrected chi connectivity index (χ2v) is 7.93. The molecular formula is C20H12BrClN2OS. The molecule has 1 aliphatic heterocycles. The van der Waals surface area contributed by atoms with E-state index in [1.54, 1.807) is 17.4 Å². The van der Waals surface area contributed by atoms with Crippen LogP contribution in [0.25, 0.3) is 6.08 Å². The van der Waals surface area contributed by atoms with Gasteiger partial charge in [-0.25, -0.2) is 4.99 Å². The molecule has 0 atom stereocenters. The van der Waals surface area contributed by atoms with Gasteiger partial charge < -0.3 is 5.32 Å². The summed E-state index contributed by atoms with van der Waals surface area (Å²) in [5.74, 6) is -0.246. The van der Waals surface area contributed by atoms with E-state index >= 15 is 0 Å².